The number of hydrogen-bond donors (Lipinski definition) is 2. The Morgan fingerprint density at radius 3 is 2.84 bits per heavy atom. The first-order valence-electron chi connectivity index (χ1n) is 8.00. The van der Waals surface area contributed by atoms with Gasteiger partial charge in [-0.05, 0) is 23.4 Å². The van der Waals surface area contributed by atoms with Gasteiger partial charge in [0.1, 0.15) is 18.5 Å². The molecule has 2 aromatic heterocycles. The van der Waals surface area contributed by atoms with Gasteiger partial charge in [-0.1, -0.05) is 36.4 Å². The number of benzene rings is 2. The minimum absolute atomic E-state index is 0.145. The lowest BCUT2D eigenvalue weighted by Crippen LogP contribution is -2.25. The number of aromatic nitrogens is 5. The first kappa shape index (κ1) is 15.3. The van der Waals surface area contributed by atoms with Crippen LogP contribution in [0.25, 0.3) is 22.3 Å². The molecule has 2 N–H and O–H groups in total. The molecule has 126 valence electrons. The molecule has 0 aliphatic carbocycles. The molecular formula is C18H17N5O2. The number of hydrogen-bond acceptors (Lipinski definition) is 5. The lowest BCUT2D eigenvalue weighted by molar-refractivity contribution is 0.0857. The molecule has 0 saturated carbocycles. The van der Waals surface area contributed by atoms with Crippen LogP contribution in [0.1, 0.15) is 0 Å². The highest BCUT2D eigenvalue weighted by atomic mass is 16.5. The second-order valence-electron chi connectivity index (χ2n) is 5.69. The lowest BCUT2D eigenvalue weighted by atomic mass is 10.2. The number of aliphatic hydroxyl groups is 1. The molecule has 7 heteroatoms. The number of nitrogens with zero attached hydrogens (tertiary/aromatic N) is 4. The number of fused-ring (bicyclic) bond motifs is 1. The molecule has 0 radical (unpaired) electrons. The molecule has 0 fully saturated rings. The molecule has 4 rings (SSSR count). The van der Waals surface area contributed by atoms with Crippen LogP contribution >= 0.6 is 0 Å². The summed E-state index contributed by atoms with van der Waals surface area (Å²) in [5.74, 6) is 1.26. The lowest BCUT2D eigenvalue weighted by Gasteiger charge is -2.12. The van der Waals surface area contributed by atoms with Crippen molar-refractivity contribution in [2.75, 3.05) is 6.61 Å². The average molecular weight is 335 g/mol. The molecule has 7 nitrogen and oxygen atoms in total. The summed E-state index contributed by atoms with van der Waals surface area (Å²) in [6, 6.07) is 17.3. The monoisotopic (exact) mass is 335 g/mol. The normalized spacial score (nSPS) is 12.4. The number of H-pyrrole nitrogens is 1. The molecule has 1 atom stereocenters. The summed E-state index contributed by atoms with van der Waals surface area (Å²) >= 11 is 0. The fourth-order valence-electron chi connectivity index (χ4n) is 2.63. The van der Waals surface area contributed by atoms with Crippen molar-refractivity contribution in [1.29, 1.82) is 0 Å². The first-order valence-corrected chi connectivity index (χ1v) is 8.00. The summed E-state index contributed by atoms with van der Waals surface area (Å²) in [5, 5.41) is 23.5. The largest absolute Gasteiger partial charge is 0.490 e. The summed E-state index contributed by atoms with van der Waals surface area (Å²) in [7, 11) is 0. The predicted octanol–water partition coefficient (Wildman–Crippen LogP) is 2.26. The van der Waals surface area contributed by atoms with Crippen LogP contribution in [-0.2, 0) is 6.54 Å². The maximum atomic E-state index is 10.2. The summed E-state index contributed by atoms with van der Waals surface area (Å²) in [4.78, 5) is 4.51. The van der Waals surface area contributed by atoms with Crippen LogP contribution < -0.4 is 4.74 Å². The molecule has 0 aliphatic rings. The van der Waals surface area contributed by atoms with E-state index >= 15 is 0 Å². The quantitative estimate of drug-likeness (QED) is 0.564. The molecule has 4 aromatic rings. The molecule has 0 unspecified atom stereocenters. The second-order valence-corrected chi connectivity index (χ2v) is 5.69. The number of ether oxygens (including phenoxy) is 1. The minimum Gasteiger partial charge on any atom is -0.490 e. The van der Waals surface area contributed by atoms with E-state index in [9.17, 15) is 5.11 Å². The molecule has 25 heavy (non-hydrogen) atoms. The molecule has 0 bridgehead atoms. The Balaban J connectivity index is 1.39. The Bertz CT molecular complexity index is 964. The van der Waals surface area contributed by atoms with Gasteiger partial charge in [0, 0.05) is 22.7 Å². The molecule has 0 amide bonds. The molecule has 0 spiro atoms. The summed E-state index contributed by atoms with van der Waals surface area (Å²) in [5.41, 5.74) is 1.89. The van der Waals surface area contributed by atoms with E-state index in [4.69, 9.17) is 4.74 Å². The predicted molar refractivity (Wildman–Crippen MR) is 93.1 cm³/mol. The van der Waals surface area contributed by atoms with Crippen LogP contribution in [0.2, 0.25) is 0 Å². The van der Waals surface area contributed by atoms with Gasteiger partial charge in [-0.25, -0.2) is 0 Å². The van der Waals surface area contributed by atoms with Gasteiger partial charge in [0.25, 0.3) is 0 Å². The van der Waals surface area contributed by atoms with Crippen molar-refractivity contribution in [3.63, 3.8) is 0 Å². The highest BCUT2D eigenvalue weighted by molar-refractivity contribution is 5.85. The highest BCUT2D eigenvalue weighted by Gasteiger charge is 2.12. The number of rotatable bonds is 6. The van der Waals surface area contributed by atoms with Crippen LogP contribution in [0.3, 0.4) is 0 Å². The topological polar surface area (TPSA) is 88.9 Å². The average Bonchev–Trinajstić information content (AvgIpc) is 3.30. The number of tetrazole rings is 1. The van der Waals surface area contributed by atoms with Crippen molar-refractivity contribution in [3.8, 4) is 17.1 Å². The zero-order valence-corrected chi connectivity index (χ0v) is 13.4. The summed E-state index contributed by atoms with van der Waals surface area (Å²) in [6.07, 6.45) is 1.12. The van der Waals surface area contributed by atoms with E-state index in [2.05, 4.69) is 20.4 Å². The molecule has 2 aromatic carbocycles. The first-order chi connectivity index (χ1) is 12.3. The van der Waals surface area contributed by atoms with E-state index in [0.717, 1.165) is 22.2 Å². The minimum atomic E-state index is -0.743. The zero-order chi connectivity index (χ0) is 17.1. The molecular weight excluding hydrogens is 318 g/mol. The molecule has 0 aliphatic heterocycles. The second kappa shape index (κ2) is 6.74. The van der Waals surface area contributed by atoms with Crippen molar-refractivity contribution < 1.29 is 9.84 Å². The highest BCUT2D eigenvalue weighted by Crippen LogP contribution is 2.24. The van der Waals surface area contributed by atoms with E-state index in [1.54, 1.807) is 0 Å². The fourth-order valence-corrected chi connectivity index (χ4v) is 2.63. The Hall–Kier alpha value is -3.19. The van der Waals surface area contributed by atoms with E-state index in [1.807, 2.05) is 60.8 Å². The Kier molecular flexibility index (Phi) is 4.14. The van der Waals surface area contributed by atoms with Crippen molar-refractivity contribution in [2.24, 2.45) is 0 Å². The maximum Gasteiger partial charge on any atom is 0.204 e. The van der Waals surface area contributed by atoms with Gasteiger partial charge in [-0.2, -0.15) is 4.80 Å². The van der Waals surface area contributed by atoms with Gasteiger partial charge < -0.3 is 14.8 Å². The van der Waals surface area contributed by atoms with Crippen molar-refractivity contribution in [2.45, 2.75) is 12.6 Å². The van der Waals surface area contributed by atoms with Crippen LogP contribution in [0.15, 0.2) is 60.8 Å². The Morgan fingerprint density at radius 1 is 1.08 bits per heavy atom. The Morgan fingerprint density at radius 2 is 1.96 bits per heavy atom. The van der Waals surface area contributed by atoms with Gasteiger partial charge in [-0.15, -0.1) is 10.2 Å². The van der Waals surface area contributed by atoms with Crippen LogP contribution in [0.5, 0.6) is 5.75 Å². The number of aromatic amines is 1. The smallest absolute Gasteiger partial charge is 0.204 e. The van der Waals surface area contributed by atoms with E-state index in [-0.39, 0.29) is 13.2 Å². The van der Waals surface area contributed by atoms with E-state index in [0.29, 0.717) is 5.82 Å². The molecule has 0 saturated heterocycles. The standard InChI is InChI=1S/C18H17N5O2/c24-14(12-25-17-8-4-7-16-15(17)9-10-19-16)11-23-21-18(20-22-23)13-5-2-1-3-6-13/h1-10,14,19,24H,11-12H2/t14-/m1/s1. The van der Waals surface area contributed by atoms with Crippen molar-refractivity contribution >= 4 is 10.9 Å². The van der Waals surface area contributed by atoms with Crippen LogP contribution in [-0.4, -0.2) is 43.0 Å². The van der Waals surface area contributed by atoms with Gasteiger partial charge in [0.15, 0.2) is 0 Å². The third-order valence-corrected chi connectivity index (χ3v) is 3.85. The van der Waals surface area contributed by atoms with Crippen molar-refractivity contribution in [3.05, 3.63) is 60.8 Å². The van der Waals surface area contributed by atoms with Gasteiger partial charge >= 0.3 is 0 Å². The maximum absolute atomic E-state index is 10.2. The van der Waals surface area contributed by atoms with E-state index < -0.39 is 6.10 Å². The third-order valence-electron chi connectivity index (χ3n) is 3.85. The fraction of sp³-hybridized carbons (Fsp3) is 0.167. The van der Waals surface area contributed by atoms with E-state index in [1.165, 1.54) is 4.80 Å². The number of aliphatic hydroxyl groups excluding tert-OH is 1. The van der Waals surface area contributed by atoms with Crippen molar-refractivity contribution in [1.82, 2.24) is 25.2 Å². The van der Waals surface area contributed by atoms with Gasteiger partial charge in [0.05, 0.1) is 6.54 Å². The summed E-state index contributed by atoms with van der Waals surface area (Å²) < 4.78 is 5.74. The SMILES string of the molecule is O[C@@H](COc1cccc2[nH]ccc12)Cn1nnc(-c2ccccc2)n1. The van der Waals surface area contributed by atoms with Gasteiger partial charge in [-0.3, -0.25) is 0 Å². The van der Waals surface area contributed by atoms with Crippen LogP contribution in [0.4, 0.5) is 0 Å². The van der Waals surface area contributed by atoms with Crippen LogP contribution in [0, 0.1) is 0 Å². The Labute approximate surface area is 143 Å². The number of nitrogens with one attached hydrogen (secondary N) is 1. The summed E-state index contributed by atoms with van der Waals surface area (Å²) in [6.45, 7) is 0.357. The third kappa shape index (κ3) is 3.36. The van der Waals surface area contributed by atoms with Gasteiger partial charge in [0.2, 0.25) is 5.82 Å². The zero-order valence-electron chi connectivity index (χ0n) is 13.4. The molecule has 2 heterocycles.